The molecule has 98 valence electrons. The third-order valence-electron chi connectivity index (χ3n) is 2.76. The van der Waals surface area contributed by atoms with Crippen molar-refractivity contribution in [2.24, 2.45) is 0 Å². The number of benzene rings is 1. The van der Waals surface area contributed by atoms with Crippen LogP contribution in [0, 0.1) is 5.82 Å². The largest absolute Gasteiger partial charge is 0.503 e. The number of amides is 1. The van der Waals surface area contributed by atoms with Crippen molar-refractivity contribution in [2.45, 2.75) is 13.0 Å². The summed E-state index contributed by atoms with van der Waals surface area (Å²) in [4.78, 5) is 12.0. The molecule has 1 aromatic heterocycles. The number of para-hydroxylation sites is 1. The molecule has 0 saturated carbocycles. The van der Waals surface area contributed by atoms with Crippen LogP contribution in [0.15, 0.2) is 48.8 Å². The van der Waals surface area contributed by atoms with Crippen LogP contribution in [0.3, 0.4) is 0 Å². The number of hydrogen-bond acceptors (Lipinski definition) is 2. The smallest absolute Gasteiger partial charge is 0.293 e. The molecule has 0 aliphatic heterocycles. The number of rotatable bonds is 3. The molecule has 0 radical (unpaired) electrons. The van der Waals surface area contributed by atoms with E-state index in [1.807, 2.05) is 0 Å². The minimum absolute atomic E-state index is 0.0630. The summed E-state index contributed by atoms with van der Waals surface area (Å²) in [6.45, 7) is 1.66. The highest BCUT2D eigenvalue weighted by molar-refractivity contribution is 5.92. The highest BCUT2D eigenvalue weighted by Gasteiger charge is 2.22. The Morgan fingerprint density at radius 3 is 2.74 bits per heavy atom. The van der Waals surface area contributed by atoms with E-state index in [1.165, 1.54) is 24.4 Å². The van der Waals surface area contributed by atoms with E-state index in [-0.39, 0.29) is 17.3 Å². The SMILES string of the molecule is C[C@H](C(=O)Nc1ccccc1F)[n+]1cccc(O)c1. The van der Waals surface area contributed by atoms with Gasteiger partial charge < -0.3 is 10.4 Å². The summed E-state index contributed by atoms with van der Waals surface area (Å²) in [6.07, 6.45) is 3.09. The summed E-state index contributed by atoms with van der Waals surface area (Å²) >= 11 is 0. The molecule has 2 aromatic rings. The van der Waals surface area contributed by atoms with Crippen molar-refractivity contribution in [3.63, 3.8) is 0 Å². The molecule has 1 aromatic carbocycles. The molecule has 1 atom stereocenters. The standard InChI is InChI=1S/C14H13FN2O2/c1-10(17-8-4-5-11(18)9-17)14(19)16-13-7-3-2-6-12(13)15/h2-10H,1H3,(H-,16,18,19)/p+1/t10-/m1/s1. The molecule has 0 aliphatic rings. The van der Waals surface area contributed by atoms with E-state index in [2.05, 4.69) is 5.32 Å². The van der Waals surface area contributed by atoms with Crippen LogP contribution in [0.4, 0.5) is 10.1 Å². The number of aromatic hydroxyl groups is 1. The van der Waals surface area contributed by atoms with Gasteiger partial charge in [0, 0.05) is 13.0 Å². The zero-order chi connectivity index (χ0) is 13.8. The summed E-state index contributed by atoms with van der Waals surface area (Å²) in [6, 6.07) is 8.55. The van der Waals surface area contributed by atoms with Gasteiger partial charge in [-0.2, -0.15) is 4.57 Å². The Bertz CT molecular complexity index is 602. The molecule has 19 heavy (non-hydrogen) atoms. The van der Waals surface area contributed by atoms with Crippen LogP contribution in [0.25, 0.3) is 0 Å². The summed E-state index contributed by atoms with van der Waals surface area (Å²) in [5.74, 6) is -0.780. The summed E-state index contributed by atoms with van der Waals surface area (Å²) in [7, 11) is 0. The van der Waals surface area contributed by atoms with Crippen LogP contribution >= 0.6 is 0 Å². The van der Waals surface area contributed by atoms with E-state index in [9.17, 15) is 14.3 Å². The van der Waals surface area contributed by atoms with Crippen molar-refractivity contribution in [3.05, 3.63) is 54.6 Å². The number of pyridine rings is 1. The molecular formula is C14H14FN2O2+. The number of nitrogens with zero attached hydrogens (tertiary/aromatic N) is 1. The number of halogens is 1. The molecule has 0 fully saturated rings. The highest BCUT2D eigenvalue weighted by Crippen LogP contribution is 2.14. The normalized spacial score (nSPS) is 11.9. The fourth-order valence-electron chi connectivity index (χ4n) is 1.66. The summed E-state index contributed by atoms with van der Waals surface area (Å²) in [5, 5.41) is 11.9. The number of aromatic nitrogens is 1. The predicted molar refractivity (Wildman–Crippen MR) is 68.0 cm³/mol. The Morgan fingerprint density at radius 1 is 1.32 bits per heavy atom. The van der Waals surface area contributed by atoms with E-state index in [1.54, 1.807) is 35.9 Å². The second-order valence-corrected chi connectivity index (χ2v) is 4.15. The molecule has 0 unspecified atom stereocenters. The van der Waals surface area contributed by atoms with E-state index in [0.29, 0.717) is 0 Å². The molecular weight excluding hydrogens is 247 g/mol. The van der Waals surface area contributed by atoms with Crippen LogP contribution in [0.1, 0.15) is 13.0 Å². The van der Waals surface area contributed by atoms with Crippen molar-refractivity contribution >= 4 is 11.6 Å². The zero-order valence-corrected chi connectivity index (χ0v) is 10.4. The zero-order valence-electron chi connectivity index (χ0n) is 10.4. The maximum atomic E-state index is 13.4. The van der Waals surface area contributed by atoms with E-state index < -0.39 is 11.9 Å². The quantitative estimate of drug-likeness (QED) is 0.830. The number of carbonyl (C=O) groups is 1. The second kappa shape index (κ2) is 5.48. The van der Waals surface area contributed by atoms with Crippen molar-refractivity contribution in [1.29, 1.82) is 0 Å². The molecule has 1 heterocycles. The van der Waals surface area contributed by atoms with Gasteiger partial charge in [-0.3, -0.25) is 4.79 Å². The molecule has 0 spiro atoms. The Balaban J connectivity index is 2.14. The van der Waals surface area contributed by atoms with Gasteiger partial charge in [-0.05, 0) is 18.2 Å². The molecule has 0 saturated heterocycles. The fourth-order valence-corrected chi connectivity index (χ4v) is 1.66. The first-order valence-electron chi connectivity index (χ1n) is 5.83. The van der Waals surface area contributed by atoms with Crippen LogP contribution in [-0.2, 0) is 4.79 Å². The molecule has 0 aliphatic carbocycles. The van der Waals surface area contributed by atoms with Gasteiger partial charge in [-0.1, -0.05) is 12.1 Å². The minimum Gasteiger partial charge on any atom is -0.503 e. The van der Waals surface area contributed by atoms with Gasteiger partial charge in [-0.15, -0.1) is 0 Å². The summed E-state index contributed by atoms with van der Waals surface area (Å²) in [5.41, 5.74) is 0.139. The molecule has 5 heteroatoms. The first-order valence-corrected chi connectivity index (χ1v) is 5.83. The third-order valence-corrected chi connectivity index (χ3v) is 2.76. The first-order chi connectivity index (χ1) is 9.08. The van der Waals surface area contributed by atoms with Crippen LogP contribution in [0.5, 0.6) is 5.75 Å². The topological polar surface area (TPSA) is 53.2 Å². The minimum atomic E-state index is -0.563. The van der Waals surface area contributed by atoms with Gasteiger partial charge in [0.05, 0.1) is 5.69 Å². The summed E-state index contributed by atoms with van der Waals surface area (Å²) < 4.78 is 15.0. The van der Waals surface area contributed by atoms with E-state index in [0.717, 1.165) is 0 Å². The monoisotopic (exact) mass is 261 g/mol. The average molecular weight is 261 g/mol. The van der Waals surface area contributed by atoms with Crippen molar-refractivity contribution < 1.29 is 18.9 Å². The lowest BCUT2D eigenvalue weighted by molar-refractivity contribution is -0.705. The molecule has 2 N–H and O–H groups in total. The van der Waals surface area contributed by atoms with E-state index >= 15 is 0 Å². The van der Waals surface area contributed by atoms with Crippen molar-refractivity contribution in [1.82, 2.24) is 0 Å². The molecule has 0 bridgehead atoms. The molecule has 1 amide bonds. The third kappa shape index (κ3) is 3.07. The van der Waals surface area contributed by atoms with Gasteiger partial charge in [0.1, 0.15) is 5.82 Å². The Hall–Kier alpha value is -2.43. The second-order valence-electron chi connectivity index (χ2n) is 4.15. The van der Waals surface area contributed by atoms with Crippen LogP contribution in [-0.4, -0.2) is 11.0 Å². The first kappa shape index (κ1) is 13.0. The van der Waals surface area contributed by atoms with Gasteiger partial charge in [0.25, 0.3) is 5.91 Å². The van der Waals surface area contributed by atoms with Crippen LogP contribution in [0.2, 0.25) is 0 Å². The molecule has 2 rings (SSSR count). The Kier molecular flexibility index (Phi) is 3.75. The highest BCUT2D eigenvalue weighted by atomic mass is 19.1. The van der Waals surface area contributed by atoms with Crippen molar-refractivity contribution in [2.75, 3.05) is 5.32 Å². The molecule has 4 nitrogen and oxygen atoms in total. The van der Waals surface area contributed by atoms with Crippen LogP contribution < -0.4 is 9.88 Å². The predicted octanol–water partition coefficient (Wildman–Crippen LogP) is 2.02. The number of anilines is 1. The maximum absolute atomic E-state index is 13.4. The lowest BCUT2D eigenvalue weighted by atomic mass is 10.2. The maximum Gasteiger partial charge on any atom is 0.293 e. The number of hydrogen-bond donors (Lipinski definition) is 2. The van der Waals surface area contributed by atoms with Gasteiger partial charge in [0.15, 0.2) is 11.9 Å². The van der Waals surface area contributed by atoms with Gasteiger partial charge in [-0.25, -0.2) is 4.39 Å². The number of carbonyl (C=O) groups excluding carboxylic acids is 1. The average Bonchev–Trinajstić information content (AvgIpc) is 2.40. The van der Waals surface area contributed by atoms with Crippen molar-refractivity contribution in [3.8, 4) is 5.75 Å². The fraction of sp³-hybridized carbons (Fsp3) is 0.143. The lowest BCUT2D eigenvalue weighted by Crippen LogP contribution is -2.43. The Morgan fingerprint density at radius 2 is 2.05 bits per heavy atom. The van der Waals surface area contributed by atoms with Gasteiger partial charge in [0.2, 0.25) is 12.2 Å². The van der Waals surface area contributed by atoms with E-state index in [4.69, 9.17) is 0 Å². The number of nitrogens with one attached hydrogen (secondary N) is 1. The van der Waals surface area contributed by atoms with Gasteiger partial charge >= 0.3 is 0 Å². The Labute approximate surface area is 110 Å². The lowest BCUT2D eigenvalue weighted by Gasteiger charge is -2.09.